The van der Waals surface area contributed by atoms with Crippen LogP contribution in [0.2, 0.25) is 18.1 Å². The summed E-state index contributed by atoms with van der Waals surface area (Å²) < 4.78 is 19.9. The molecule has 1 aromatic carbocycles. The SMILES string of the molecule is CCCC(C)(C)[Si](C)(C)OC[C@@H](/C=C(/C)F)Cc1ccccc1. The van der Waals surface area contributed by atoms with Gasteiger partial charge in [-0.05, 0) is 49.5 Å². The summed E-state index contributed by atoms with van der Waals surface area (Å²) in [5.74, 6) is -0.0339. The third-order valence-corrected chi connectivity index (χ3v) is 9.37. The molecule has 0 aliphatic heterocycles. The van der Waals surface area contributed by atoms with Crippen LogP contribution in [0.3, 0.4) is 0 Å². The van der Waals surface area contributed by atoms with Crippen molar-refractivity contribution in [1.82, 2.24) is 0 Å². The maximum absolute atomic E-state index is 13.4. The van der Waals surface area contributed by atoms with Crippen LogP contribution in [-0.2, 0) is 10.8 Å². The molecule has 1 aromatic rings. The van der Waals surface area contributed by atoms with Crippen molar-refractivity contribution in [3.63, 3.8) is 0 Å². The largest absolute Gasteiger partial charge is 0.416 e. The number of halogens is 1. The van der Waals surface area contributed by atoms with Crippen LogP contribution < -0.4 is 0 Å². The number of hydrogen-bond acceptors (Lipinski definition) is 1. The monoisotopic (exact) mass is 336 g/mol. The van der Waals surface area contributed by atoms with Gasteiger partial charge in [0.1, 0.15) is 0 Å². The molecule has 0 aromatic heterocycles. The molecule has 0 bridgehead atoms. The molecule has 0 heterocycles. The van der Waals surface area contributed by atoms with E-state index in [1.807, 2.05) is 18.2 Å². The summed E-state index contributed by atoms with van der Waals surface area (Å²) in [6, 6.07) is 10.3. The molecule has 0 radical (unpaired) electrons. The summed E-state index contributed by atoms with van der Waals surface area (Å²) in [5.41, 5.74) is 1.23. The van der Waals surface area contributed by atoms with E-state index in [-0.39, 0.29) is 16.8 Å². The second-order valence-corrected chi connectivity index (χ2v) is 12.3. The van der Waals surface area contributed by atoms with Gasteiger partial charge in [0.25, 0.3) is 0 Å². The van der Waals surface area contributed by atoms with Gasteiger partial charge in [0, 0.05) is 12.5 Å². The van der Waals surface area contributed by atoms with Gasteiger partial charge in [-0.1, -0.05) is 57.5 Å². The fourth-order valence-electron chi connectivity index (χ4n) is 2.84. The van der Waals surface area contributed by atoms with E-state index in [1.165, 1.54) is 25.3 Å². The number of allylic oxidation sites excluding steroid dienone is 1. The van der Waals surface area contributed by atoms with Crippen molar-refractivity contribution in [3.05, 3.63) is 47.8 Å². The summed E-state index contributed by atoms with van der Waals surface area (Å²) in [4.78, 5) is 0. The number of benzene rings is 1. The van der Waals surface area contributed by atoms with Crippen LogP contribution in [-0.4, -0.2) is 14.9 Å². The first-order valence-electron chi connectivity index (χ1n) is 8.70. The van der Waals surface area contributed by atoms with E-state index in [4.69, 9.17) is 4.43 Å². The van der Waals surface area contributed by atoms with Crippen LogP contribution in [0.15, 0.2) is 42.2 Å². The number of rotatable bonds is 9. The lowest BCUT2D eigenvalue weighted by Gasteiger charge is -2.40. The maximum Gasteiger partial charge on any atom is 0.192 e. The van der Waals surface area contributed by atoms with Gasteiger partial charge < -0.3 is 4.43 Å². The Morgan fingerprint density at radius 1 is 1.26 bits per heavy atom. The highest BCUT2D eigenvalue weighted by Crippen LogP contribution is 2.42. The molecule has 0 amide bonds. The summed E-state index contributed by atoms with van der Waals surface area (Å²) in [7, 11) is -1.83. The van der Waals surface area contributed by atoms with Crippen LogP contribution >= 0.6 is 0 Å². The molecule has 3 heteroatoms. The van der Waals surface area contributed by atoms with Crippen LogP contribution in [0.1, 0.15) is 46.1 Å². The third-order valence-electron chi connectivity index (χ3n) is 4.97. The second kappa shape index (κ2) is 8.79. The van der Waals surface area contributed by atoms with Crippen molar-refractivity contribution >= 4 is 8.32 Å². The topological polar surface area (TPSA) is 9.23 Å². The van der Waals surface area contributed by atoms with Crippen molar-refractivity contribution in [2.45, 2.75) is 65.1 Å². The average molecular weight is 337 g/mol. The Kier molecular flexibility index (Phi) is 7.69. The molecule has 0 saturated carbocycles. The Morgan fingerprint density at radius 2 is 1.87 bits per heavy atom. The van der Waals surface area contributed by atoms with Crippen LogP contribution in [0.5, 0.6) is 0 Å². The molecule has 0 spiro atoms. The Labute approximate surface area is 143 Å². The lowest BCUT2D eigenvalue weighted by molar-refractivity contribution is 0.244. The van der Waals surface area contributed by atoms with Crippen molar-refractivity contribution in [1.29, 1.82) is 0 Å². The lowest BCUT2D eigenvalue weighted by atomic mass is 9.99. The lowest BCUT2D eigenvalue weighted by Crippen LogP contribution is -2.43. The molecular weight excluding hydrogens is 303 g/mol. The Balaban J connectivity index is 2.76. The van der Waals surface area contributed by atoms with Gasteiger partial charge in [0.05, 0.1) is 5.83 Å². The first-order valence-corrected chi connectivity index (χ1v) is 11.6. The van der Waals surface area contributed by atoms with E-state index in [0.29, 0.717) is 6.61 Å². The highest BCUT2D eigenvalue weighted by molar-refractivity contribution is 6.74. The summed E-state index contributed by atoms with van der Waals surface area (Å²) in [5, 5.41) is 0.230. The standard InChI is InChI=1S/C20H33FOSi/c1-7-13-20(3,4)23(5,6)22-16-19(14-17(2)21)15-18-11-9-8-10-12-18/h8-12,14,19H,7,13,15-16H2,1-6H3/b17-14-/t19-/m0/s1. The fourth-order valence-corrected chi connectivity index (χ4v) is 4.72. The molecule has 1 atom stereocenters. The minimum atomic E-state index is -1.83. The zero-order valence-electron chi connectivity index (χ0n) is 15.7. The van der Waals surface area contributed by atoms with E-state index in [9.17, 15) is 4.39 Å². The summed E-state index contributed by atoms with van der Waals surface area (Å²) in [6.45, 7) is 13.5. The van der Waals surface area contributed by atoms with Gasteiger partial charge in [-0.15, -0.1) is 0 Å². The molecule has 0 aliphatic carbocycles. The van der Waals surface area contributed by atoms with Crippen LogP contribution in [0, 0.1) is 5.92 Å². The van der Waals surface area contributed by atoms with Crippen LogP contribution in [0.25, 0.3) is 0 Å². The number of hydrogen-bond donors (Lipinski definition) is 0. The highest BCUT2D eigenvalue weighted by atomic mass is 28.4. The van der Waals surface area contributed by atoms with Gasteiger partial charge in [-0.25, -0.2) is 4.39 Å². The van der Waals surface area contributed by atoms with Gasteiger partial charge in [-0.2, -0.15) is 0 Å². The predicted molar refractivity (Wildman–Crippen MR) is 101 cm³/mol. The Hall–Kier alpha value is -0.933. The quantitative estimate of drug-likeness (QED) is 0.466. The molecule has 0 fully saturated rings. The molecule has 130 valence electrons. The Bertz CT molecular complexity index is 490. The zero-order chi connectivity index (χ0) is 17.5. The molecule has 1 rings (SSSR count). The van der Waals surface area contributed by atoms with E-state index in [0.717, 1.165) is 6.42 Å². The van der Waals surface area contributed by atoms with Crippen molar-refractivity contribution < 1.29 is 8.82 Å². The van der Waals surface area contributed by atoms with Crippen molar-refractivity contribution in [2.24, 2.45) is 5.92 Å². The molecule has 0 unspecified atom stereocenters. The first-order chi connectivity index (χ1) is 10.7. The third kappa shape index (κ3) is 6.60. The molecular formula is C20H33FOSi. The fraction of sp³-hybridized carbons (Fsp3) is 0.600. The maximum atomic E-state index is 13.4. The molecule has 0 saturated heterocycles. The zero-order valence-corrected chi connectivity index (χ0v) is 16.7. The van der Waals surface area contributed by atoms with Gasteiger partial charge in [0.15, 0.2) is 8.32 Å². The molecule has 23 heavy (non-hydrogen) atoms. The molecule has 0 N–H and O–H groups in total. The Morgan fingerprint density at radius 3 is 2.39 bits per heavy atom. The van der Waals surface area contributed by atoms with Crippen molar-refractivity contribution in [2.75, 3.05) is 6.61 Å². The van der Waals surface area contributed by atoms with E-state index in [2.05, 4.69) is 46.0 Å². The minimum absolute atomic E-state index is 0.0894. The molecule has 0 aliphatic rings. The average Bonchev–Trinajstić information content (AvgIpc) is 2.45. The van der Waals surface area contributed by atoms with E-state index in [1.54, 1.807) is 6.08 Å². The second-order valence-electron chi connectivity index (χ2n) is 7.66. The van der Waals surface area contributed by atoms with Gasteiger partial charge in [-0.3, -0.25) is 0 Å². The van der Waals surface area contributed by atoms with Crippen LogP contribution in [0.4, 0.5) is 4.39 Å². The first kappa shape index (κ1) is 20.1. The van der Waals surface area contributed by atoms with Crippen molar-refractivity contribution in [3.8, 4) is 0 Å². The highest BCUT2D eigenvalue weighted by Gasteiger charge is 2.40. The predicted octanol–water partition coefficient (Wildman–Crippen LogP) is 6.52. The summed E-state index contributed by atoms with van der Waals surface area (Å²) >= 11 is 0. The van der Waals surface area contributed by atoms with E-state index >= 15 is 0 Å². The minimum Gasteiger partial charge on any atom is -0.416 e. The normalized spacial score (nSPS) is 14.8. The van der Waals surface area contributed by atoms with Gasteiger partial charge >= 0.3 is 0 Å². The van der Waals surface area contributed by atoms with E-state index < -0.39 is 8.32 Å². The van der Waals surface area contributed by atoms with Gasteiger partial charge in [0.2, 0.25) is 0 Å². The molecule has 1 nitrogen and oxygen atoms in total. The smallest absolute Gasteiger partial charge is 0.192 e. The summed E-state index contributed by atoms with van der Waals surface area (Å²) in [6.07, 6.45) is 4.88.